The number of aliphatic hydroxyl groups excluding tert-OH is 1. The van der Waals surface area contributed by atoms with Gasteiger partial charge in [-0.15, -0.1) is 12.4 Å². The Balaban J connectivity index is 0.00000169. The third-order valence-electron chi connectivity index (χ3n) is 1.84. The van der Waals surface area contributed by atoms with E-state index in [1.165, 1.54) is 0 Å². The van der Waals surface area contributed by atoms with E-state index in [9.17, 15) is 5.11 Å². The molecular weight excluding hydrogens is 244 g/mol. The highest BCUT2D eigenvalue weighted by Crippen LogP contribution is 2.26. The molecule has 5 heteroatoms. The summed E-state index contributed by atoms with van der Waals surface area (Å²) in [6, 6.07) is 4.52. The smallest absolute Gasteiger partial charge is 0.0705 e. The summed E-state index contributed by atoms with van der Waals surface area (Å²) >= 11 is 11.7. The first-order valence-corrected chi connectivity index (χ1v) is 4.66. The van der Waals surface area contributed by atoms with E-state index in [0.717, 1.165) is 0 Å². The van der Waals surface area contributed by atoms with Crippen LogP contribution in [0.5, 0.6) is 0 Å². The lowest BCUT2D eigenvalue weighted by atomic mass is 10.0. The minimum absolute atomic E-state index is 0. The number of halogens is 3. The van der Waals surface area contributed by atoms with Gasteiger partial charge in [-0.05, 0) is 30.7 Å². The number of nitrogens with two attached hydrogens (primary N) is 1. The van der Waals surface area contributed by atoms with Crippen LogP contribution in [0.25, 0.3) is 0 Å². The maximum absolute atomic E-state index is 9.26. The fourth-order valence-corrected chi connectivity index (χ4v) is 1.45. The summed E-state index contributed by atoms with van der Waals surface area (Å²) in [5, 5.41) is 10.4. The van der Waals surface area contributed by atoms with Gasteiger partial charge in [0.1, 0.15) is 0 Å². The molecule has 0 saturated carbocycles. The minimum atomic E-state index is -0.643. The van der Waals surface area contributed by atoms with E-state index in [-0.39, 0.29) is 12.4 Å². The van der Waals surface area contributed by atoms with Crippen molar-refractivity contribution in [1.82, 2.24) is 0 Å². The van der Waals surface area contributed by atoms with Crippen LogP contribution in [0.1, 0.15) is 18.5 Å². The molecule has 0 bridgehead atoms. The van der Waals surface area contributed by atoms with Gasteiger partial charge in [0, 0.05) is 10.0 Å². The number of hydrogen-bond donors (Lipinski definition) is 2. The Bertz CT molecular complexity index is 304. The Hall–Kier alpha value is 0.01000. The van der Waals surface area contributed by atoms with Crippen molar-refractivity contribution in [2.24, 2.45) is 5.73 Å². The maximum Gasteiger partial charge on any atom is 0.0705 e. The molecule has 0 aliphatic carbocycles. The van der Waals surface area contributed by atoms with Crippen LogP contribution >= 0.6 is 35.6 Å². The number of benzene rings is 1. The van der Waals surface area contributed by atoms with E-state index in [4.69, 9.17) is 28.9 Å². The Morgan fingerprint density at radius 2 is 1.93 bits per heavy atom. The van der Waals surface area contributed by atoms with Crippen LogP contribution in [0, 0.1) is 0 Å². The summed E-state index contributed by atoms with van der Waals surface area (Å²) in [4.78, 5) is 0. The quantitative estimate of drug-likeness (QED) is 0.855. The second-order valence-electron chi connectivity index (χ2n) is 2.93. The van der Waals surface area contributed by atoms with Gasteiger partial charge in [0.2, 0.25) is 0 Å². The zero-order valence-corrected chi connectivity index (χ0v) is 9.90. The molecule has 0 aliphatic rings. The van der Waals surface area contributed by atoms with Crippen molar-refractivity contribution < 1.29 is 5.11 Å². The highest BCUT2D eigenvalue weighted by atomic mass is 35.5. The van der Waals surface area contributed by atoms with Crippen molar-refractivity contribution in [3.63, 3.8) is 0 Å². The van der Waals surface area contributed by atoms with Crippen molar-refractivity contribution in [2.75, 3.05) is 0 Å². The molecule has 2 nitrogen and oxygen atoms in total. The fraction of sp³-hybridized carbons (Fsp3) is 0.333. The Morgan fingerprint density at radius 3 is 2.43 bits per heavy atom. The molecule has 2 atom stereocenters. The Kier molecular flexibility index (Phi) is 5.79. The molecule has 0 amide bonds. The summed E-state index contributed by atoms with van der Waals surface area (Å²) in [5.74, 6) is 0. The standard InChI is InChI=1S/C9H11Cl2NO.ClH/c1-5(13)9(12)7-4-6(10)2-3-8(7)11;/h2-5,9,13H,12H2,1H3;1H/t5-,9-;/m1./s1. The SMILES string of the molecule is C[C@@H](O)[C@@H](N)c1cc(Cl)ccc1Cl.Cl. The Morgan fingerprint density at radius 1 is 1.36 bits per heavy atom. The molecule has 0 unspecified atom stereocenters. The molecule has 0 spiro atoms. The molecule has 0 fully saturated rings. The average Bonchev–Trinajstić information content (AvgIpc) is 2.08. The molecule has 80 valence electrons. The molecule has 14 heavy (non-hydrogen) atoms. The fourth-order valence-electron chi connectivity index (χ4n) is 1.03. The third-order valence-corrected chi connectivity index (χ3v) is 2.42. The molecule has 0 aliphatic heterocycles. The molecule has 1 aromatic carbocycles. The molecule has 1 rings (SSSR count). The van der Waals surface area contributed by atoms with Crippen LogP contribution in [-0.2, 0) is 0 Å². The third kappa shape index (κ3) is 3.30. The van der Waals surface area contributed by atoms with Crippen LogP contribution < -0.4 is 5.73 Å². The minimum Gasteiger partial charge on any atom is -0.391 e. The van der Waals surface area contributed by atoms with Gasteiger partial charge in [0.15, 0.2) is 0 Å². The highest BCUT2D eigenvalue weighted by molar-refractivity contribution is 6.33. The maximum atomic E-state index is 9.26. The van der Waals surface area contributed by atoms with Crippen molar-refractivity contribution in [3.8, 4) is 0 Å². The van der Waals surface area contributed by atoms with Crippen molar-refractivity contribution >= 4 is 35.6 Å². The first-order chi connectivity index (χ1) is 6.02. The molecule has 0 heterocycles. The molecule has 3 N–H and O–H groups in total. The van der Waals surface area contributed by atoms with Gasteiger partial charge in [0.05, 0.1) is 12.1 Å². The van der Waals surface area contributed by atoms with E-state index < -0.39 is 12.1 Å². The van der Waals surface area contributed by atoms with Gasteiger partial charge in [-0.1, -0.05) is 23.2 Å². The lowest BCUT2D eigenvalue weighted by molar-refractivity contribution is 0.164. The predicted octanol–water partition coefficient (Wildman–Crippen LogP) is 2.80. The summed E-state index contributed by atoms with van der Waals surface area (Å²) in [7, 11) is 0. The number of aliphatic hydroxyl groups is 1. The van der Waals surface area contributed by atoms with Gasteiger partial charge in [0.25, 0.3) is 0 Å². The lowest BCUT2D eigenvalue weighted by Gasteiger charge is -2.16. The monoisotopic (exact) mass is 255 g/mol. The highest BCUT2D eigenvalue weighted by Gasteiger charge is 2.15. The van der Waals surface area contributed by atoms with Crippen molar-refractivity contribution in [2.45, 2.75) is 19.1 Å². The van der Waals surface area contributed by atoms with Gasteiger partial charge < -0.3 is 10.8 Å². The van der Waals surface area contributed by atoms with Crippen molar-refractivity contribution in [1.29, 1.82) is 0 Å². The second-order valence-corrected chi connectivity index (χ2v) is 3.78. The van der Waals surface area contributed by atoms with Crippen LogP contribution in [0.2, 0.25) is 10.0 Å². The van der Waals surface area contributed by atoms with E-state index >= 15 is 0 Å². The summed E-state index contributed by atoms with van der Waals surface area (Å²) in [6.07, 6.45) is -0.643. The molecule has 0 aromatic heterocycles. The van der Waals surface area contributed by atoms with E-state index in [1.807, 2.05) is 0 Å². The normalized spacial score (nSPS) is 14.4. The number of rotatable bonds is 2. The second kappa shape index (κ2) is 5.79. The molecular formula is C9H12Cl3NO. The summed E-state index contributed by atoms with van der Waals surface area (Å²) in [6.45, 7) is 1.61. The van der Waals surface area contributed by atoms with Crippen LogP contribution in [0.15, 0.2) is 18.2 Å². The molecule has 0 saturated heterocycles. The van der Waals surface area contributed by atoms with E-state index in [1.54, 1.807) is 25.1 Å². The van der Waals surface area contributed by atoms with E-state index in [0.29, 0.717) is 15.6 Å². The molecule has 0 radical (unpaired) electrons. The number of hydrogen-bond acceptors (Lipinski definition) is 2. The first-order valence-electron chi connectivity index (χ1n) is 3.91. The average molecular weight is 257 g/mol. The summed E-state index contributed by atoms with van der Waals surface area (Å²) < 4.78 is 0. The van der Waals surface area contributed by atoms with E-state index in [2.05, 4.69) is 0 Å². The zero-order chi connectivity index (χ0) is 10.0. The Labute approximate surface area is 99.4 Å². The predicted molar refractivity (Wildman–Crippen MR) is 62.3 cm³/mol. The van der Waals surface area contributed by atoms with Gasteiger partial charge in [-0.2, -0.15) is 0 Å². The first kappa shape index (κ1) is 14.0. The van der Waals surface area contributed by atoms with Crippen LogP contribution in [-0.4, -0.2) is 11.2 Å². The topological polar surface area (TPSA) is 46.2 Å². The van der Waals surface area contributed by atoms with Crippen molar-refractivity contribution in [3.05, 3.63) is 33.8 Å². The van der Waals surface area contributed by atoms with Gasteiger partial charge >= 0.3 is 0 Å². The zero-order valence-electron chi connectivity index (χ0n) is 7.58. The lowest BCUT2D eigenvalue weighted by Crippen LogP contribution is -2.23. The largest absolute Gasteiger partial charge is 0.391 e. The van der Waals surface area contributed by atoms with Crippen LogP contribution in [0.4, 0.5) is 0 Å². The van der Waals surface area contributed by atoms with Crippen LogP contribution in [0.3, 0.4) is 0 Å². The van der Waals surface area contributed by atoms with Gasteiger partial charge in [-0.3, -0.25) is 0 Å². The summed E-state index contributed by atoms with van der Waals surface area (Å²) in [5.41, 5.74) is 6.38. The molecule has 1 aromatic rings. The van der Waals surface area contributed by atoms with Gasteiger partial charge in [-0.25, -0.2) is 0 Å².